The van der Waals surface area contributed by atoms with Crippen LogP contribution >= 0.6 is 0 Å². The first-order valence-corrected chi connectivity index (χ1v) is 7.93. The predicted molar refractivity (Wildman–Crippen MR) is 88.9 cm³/mol. The molecule has 0 saturated heterocycles. The molecule has 0 radical (unpaired) electrons. The van der Waals surface area contributed by atoms with Gasteiger partial charge >= 0.3 is 0 Å². The Kier molecular flexibility index (Phi) is 4.68. The summed E-state index contributed by atoms with van der Waals surface area (Å²) in [7, 11) is 3.77. The number of rotatable bonds is 6. The van der Waals surface area contributed by atoms with Gasteiger partial charge in [0.15, 0.2) is 0 Å². The van der Waals surface area contributed by atoms with Crippen molar-refractivity contribution in [2.75, 3.05) is 30.9 Å². The minimum absolute atomic E-state index is 0.0270. The van der Waals surface area contributed by atoms with Gasteiger partial charge in [0.05, 0.1) is 11.9 Å². The maximum Gasteiger partial charge on any atom is 0.147 e. The van der Waals surface area contributed by atoms with E-state index in [1.54, 1.807) is 7.11 Å². The van der Waals surface area contributed by atoms with Crippen molar-refractivity contribution < 1.29 is 4.74 Å². The van der Waals surface area contributed by atoms with Crippen LogP contribution in [0, 0.1) is 0 Å². The Balaban J connectivity index is 1.60. The zero-order valence-electron chi connectivity index (χ0n) is 13.3. The highest BCUT2D eigenvalue weighted by Gasteiger charge is 2.18. The van der Waals surface area contributed by atoms with Crippen LogP contribution in [0.3, 0.4) is 0 Å². The van der Waals surface area contributed by atoms with Gasteiger partial charge < -0.3 is 20.3 Å². The molecule has 6 heteroatoms. The summed E-state index contributed by atoms with van der Waals surface area (Å²) in [6.45, 7) is 0.807. The smallest absolute Gasteiger partial charge is 0.147 e. The highest BCUT2D eigenvalue weighted by Crippen LogP contribution is 2.27. The maximum atomic E-state index is 5.23. The van der Waals surface area contributed by atoms with Gasteiger partial charge in [-0.25, -0.2) is 0 Å². The largest absolute Gasteiger partial charge is 0.378 e. The summed E-state index contributed by atoms with van der Waals surface area (Å²) in [4.78, 5) is 2.18. The normalized spacial score (nSPS) is 21.5. The number of nitrogens with zero attached hydrogens (tertiary/aromatic N) is 2. The Morgan fingerprint density at radius 1 is 1.41 bits per heavy atom. The number of hydrogen-bond donors (Lipinski definition) is 3. The van der Waals surface area contributed by atoms with Crippen LogP contribution in [-0.4, -0.2) is 43.2 Å². The molecule has 1 atom stereocenters. The molecule has 1 aliphatic heterocycles. The summed E-state index contributed by atoms with van der Waals surface area (Å²) < 4.78 is 5.23. The highest BCUT2D eigenvalue weighted by atomic mass is 16.5. The van der Waals surface area contributed by atoms with E-state index >= 15 is 0 Å². The average molecular weight is 303 g/mol. The summed E-state index contributed by atoms with van der Waals surface area (Å²) in [5.74, 6) is 1.04. The minimum Gasteiger partial charge on any atom is -0.378 e. The van der Waals surface area contributed by atoms with E-state index in [1.807, 2.05) is 18.5 Å². The van der Waals surface area contributed by atoms with E-state index in [0.29, 0.717) is 6.04 Å². The highest BCUT2D eigenvalue weighted by molar-refractivity contribution is 5.65. The Labute approximate surface area is 131 Å². The molecule has 6 nitrogen and oxygen atoms in total. The maximum absolute atomic E-state index is 5.23. The molecule has 22 heavy (non-hydrogen) atoms. The first-order valence-electron chi connectivity index (χ1n) is 7.93. The quantitative estimate of drug-likeness (QED) is 0.752. The third-order valence-corrected chi connectivity index (χ3v) is 4.31. The molecule has 3 rings (SSSR count). The van der Waals surface area contributed by atoms with Crippen molar-refractivity contribution in [3.63, 3.8) is 0 Å². The molecule has 1 aromatic heterocycles. The number of aromatic nitrogens is 2. The third kappa shape index (κ3) is 3.44. The number of hydrogen-bond acceptors (Lipinski definition) is 5. The number of ether oxygens (including phenoxy) is 1. The molecule has 2 heterocycles. The van der Waals surface area contributed by atoms with Crippen LogP contribution in [-0.2, 0) is 4.74 Å². The first kappa shape index (κ1) is 15.0. The van der Waals surface area contributed by atoms with Gasteiger partial charge in [0.2, 0.25) is 0 Å². The summed E-state index contributed by atoms with van der Waals surface area (Å²) in [6, 6.07) is 0.586. The summed E-state index contributed by atoms with van der Waals surface area (Å²) in [6.07, 6.45) is 13.1. The molecule has 0 bridgehead atoms. The van der Waals surface area contributed by atoms with Crippen LogP contribution in [0.1, 0.15) is 25.7 Å². The fourth-order valence-corrected chi connectivity index (χ4v) is 3.07. The number of aromatic amines is 1. The number of methoxy groups -OCH3 is 1. The zero-order valence-corrected chi connectivity index (χ0v) is 13.3. The van der Waals surface area contributed by atoms with Crippen molar-refractivity contribution in [3.05, 3.63) is 30.1 Å². The van der Waals surface area contributed by atoms with Crippen LogP contribution in [0.25, 0.3) is 0 Å². The lowest BCUT2D eigenvalue weighted by atomic mass is 10.2. The van der Waals surface area contributed by atoms with E-state index in [1.165, 1.54) is 31.3 Å². The molecular weight excluding hydrogens is 278 g/mol. The van der Waals surface area contributed by atoms with Crippen LogP contribution < -0.4 is 15.5 Å². The molecule has 120 valence electrons. The van der Waals surface area contributed by atoms with Gasteiger partial charge in [-0.05, 0) is 24.5 Å². The van der Waals surface area contributed by atoms with Gasteiger partial charge in [0.25, 0.3) is 0 Å². The molecule has 0 aromatic carbocycles. The number of nitrogens with one attached hydrogen (secondary N) is 3. The topological polar surface area (TPSA) is 65.2 Å². The Morgan fingerprint density at radius 3 is 2.91 bits per heavy atom. The molecule has 1 unspecified atom stereocenters. The molecule has 1 fully saturated rings. The molecule has 1 saturated carbocycles. The van der Waals surface area contributed by atoms with Crippen LogP contribution in [0.15, 0.2) is 30.1 Å². The van der Waals surface area contributed by atoms with Gasteiger partial charge in [-0.2, -0.15) is 5.10 Å². The van der Waals surface area contributed by atoms with E-state index < -0.39 is 0 Å². The van der Waals surface area contributed by atoms with E-state index in [0.717, 1.165) is 18.1 Å². The van der Waals surface area contributed by atoms with Gasteiger partial charge in [-0.15, -0.1) is 0 Å². The fourth-order valence-electron chi connectivity index (χ4n) is 3.07. The number of H-pyrrole nitrogens is 1. The lowest BCUT2D eigenvalue weighted by Gasteiger charge is -2.23. The van der Waals surface area contributed by atoms with Crippen molar-refractivity contribution >= 4 is 11.5 Å². The summed E-state index contributed by atoms with van der Waals surface area (Å²) in [5, 5.41) is 14.1. The summed E-state index contributed by atoms with van der Waals surface area (Å²) >= 11 is 0. The second-order valence-electron chi connectivity index (χ2n) is 6.02. The predicted octanol–water partition coefficient (Wildman–Crippen LogP) is 2.22. The van der Waals surface area contributed by atoms with E-state index in [-0.39, 0.29) is 6.23 Å². The third-order valence-electron chi connectivity index (χ3n) is 4.31. The molecule has 1 aliphatic carbocycles. The molecule has 3 N–H and O–H groups in total. The fraction of sp³-hybridized carbons (Fsp3) is 0.562. The van der Waals surface area contributed by atoms with Crippen molar-refractivity contribution in [2.24, 2.45) is 0 Å². The standard InChI is InChI=1S/C16H25N5O/c1-21(11-12-7-8-15(22-2)17-9-12)16-14(10-18-20-16)19-13-5-3-4-6-13/h7-10,13,15,17,19H,3-6,11H2,1-2H3,(H,18,20). The van der Waals surface area contributed by atoms with Crippen molar-refractivity contribution in [1.82, 2.24) is 15.5 Å². The molecule has 2 aliphatic rings. The van der Waals surface area contributed by atoms with Crippen LogP contribution in [0.5, 0.6) is 0 Å². The molecule has 0 amide bonds. The van der Waals surface area contributed by atoms with Gasteiger partial charge in [-0.3, -0.25) is 5.10 Å². The first-order chi connectivity index (χ1) is 10.8. The second kappa shape index (κ2) is 6.87. The van der Waals surface area contributed by atoms with Crippen LogP contribution in [0.2, 0.25) is 0 Å². The lowest BCUT2D eigenvalue weighted by molar-refractivity contribution is 0.123. The van der Waals surface area contributed by atoms with Gasteiger partial charge in [0.1, 0.15) is 12.0 Å². The average Bonchev–Trinajstić information content (AvgIpc) is 3.20. The Morgan fingerprint density at radius 2 is 2.23 bits per heavy atom. The minimum atomic E-state index is -0.0270. The molecule has 1 aromatic rings. The van der Waals surface area contributed by atoms with E-state index in [2.05, 4.69) is 38.9 Å². The van der Waals surface area contributed by atoms with Crippen LogP contribution in [0.4, 0.5) is 11.5 Å². The van der Waals surface area contributed by atoms with E-state index in [9.17, 15) is 0 Å². The molecule has 0 spiro atoms. The second-order valence-corrected chi connectivity index (χ2v) is 6.02. The van der Waals surface area contributed by atoms with E-state index in [4.69, 9.17) is 4.74 Å². The SMILES string of the molecule is COC1C=CC(CN(C)c2[nH]ncc2NC2CCCC2)=CN1. The van der Waals surface area contributed by atoms with Gasteiger partial charge in [0, 0.05) is 32.9 Å². The number of anilines is 2. The Hall–Kier alpha value is -1.95. The number of dihydropyridines is 1. The summed E-state index contributed by atoms with van der Waals surface area (Å²) in [5.41, 5.74) is 2.30. The molecular formula is C16H25N5O. The lowest BCUT2D eigenvalue weighted by Crippen LogP contribution is -2.29. The monoisotopic (exact) mass is 303 g/mol. The zero-order chi connectivity index (χ0) is 15.4. The number of likely N-dealkylation sites (N-methyl/N-ethyl adjacent to an activating group) is 1. The van der Waals surface area contributed by atoms with Gasteiger partial charge in [-0.1, -0.05) is 18.9 Å². The van der Waals surface area contributed by atoms with Crippen molar-refractivity contribution in [1.29, 1.82) is 0 Å². The van der Waals surface area contributed by atoms with Crippen molar-refractivity contribution in [2.45, 2.75) is 38.0 Å². The van der Waals surface area contributed by atoms with Crippen molar-refractivity contribution in [3.8, 4) is 0 Å². The Bertz CT molecular complexity index is 544.